The lowest BCUT2D eigenvalue weighted by Crippen LogP contribution is -2.65. The molecule has 2 heterocycles. The largest absolute Gasteiger partial charge is 0.394 e. The highest BCUT2D eigenvalue weighted by Gasteiger charge is 2.51. The summed E-state index contributed by atoms with van der Waals surface area (Å²) in [6, 6.07) is -0.929. The van der Waals surface area contributed by atoms with Crippen LogP contribution in [0.25, 0.3) is 0 Å². The topological polar surface area (TPSA) is 228 Å². The number of hydrogen-bond acceptors (Lipinski definition) is 13. The molecule has 81 heavy (non-hydrogen) atoms. The van der Waals surface area contributed by atoms with E-state index in [4.69, 9.17) is 18.9 Å². The molecule has 0 radical (unpaired) electrons. The minimum atomic E-state index is -1.79. The lowest BCUT2D eigenvalue weighted by Gasteiger charge is -2.46. The maximum absolute atomic E-state index is 13.3. The summed E-state index contributed by atoms with van der Waals surface area (Å²) in [6.45, 7) is 2.69. The Labute approximate surface area is 491 Å². The minimum absolute atomic E-state index is 0.255. The van der Waals surface area contributed by atoms with Crippen LogP contribution < -0.4 is 5.32 Å². The number of rotatable bonds is 51. The van der Waals surface area contributed by atoms with Crippen molar-refractivity contribution in [1.82, 2.24) is 5.32 Å². The van der Waals surface area contributed by atoms with Crippen LogP contribution in [-0.4, -0.2) is 140 Å². The van der Waals surface area contributed by atoms with Crippen LogP contribution in [0.15, 0.2) is 85.1 Å². The minimum Gasteiger partial charge on any atom is -0.394 e. The van der Waals surface area contributed by atoms with E-state index in [0.717, 1.165) is 96.3 Å². The van der Waals surface area contributed by atoms with Gasteiger partial charge in [-0.25, -0.2) is 0 Å². The van der Waals surface area contributed by atoms with E-state index in [1.54, 1.807) is 6.08 Å². The Bertz CT molecular complexity index is 1680. The monoisotopic (exact) mass is 1140 g/mol. The molecule has 0 spiro atoms. The van der Waals surface area contributed by atoms with Gasteiger partial charge in [-0.2, -0.15) is 0 Å². The highest BCUT2D eigenvalue weighted by Crippen LogP contribution is 2.30. The molecule has 9 N–H and O–H groups in total. The first-order valence-corrected chi connectivity index (χ1v) is 32.3. The molecule has 0 aromatic heterocycles. The van der Waals surface area contributed by atoms with Crippen molar-refractivity contribution in [3.63, 3.8) is 0 Å². The van der Waals surface area contributed by atoms with E-state index in [9.17, 15) is 45.6 Å². The van der Waals surface area contributed by atoms with E-state index in [2.05, 4.69) is 92.1 Å². The lowest BCUT2D eigenvalue weighted by atomic mass is 9.97. The van der Waals surface area contributed by atoms with Gasteiger partial charge >= 0.3 is 0 Å². The fourth-order valence-corrected chi connectivity index (χ4v) is 10.2. The third kappa shape index (κ3) is 36.6. The van der Waals surface area contributed by atoms with Crippen LogP contribution >= 0.6 is 0 Å². The molecule has 1 amide bonds. The molecule has 0 aliphatic carbocycles. The van der Waals surface area contributed by atoms with Crippen molar-refractivity contribution in [3.8, 4) is 0 Å². The average molecular weight is 1140 g/mol. The van der Waals surface area contributed by atoms with Gasteiger partial charge in [0.25, 0.3) is 0 Å². The molecule has 468 valence electrons. The molecule has 2 aliphatic heterocycles. The summed E-state index contributed by atoms with van der Waals surface area (Å²) in [4.78, 5) is 13.3. The fourth-order valence-electron chi connectivity index (χ4n) is 10.2. The quantitative estimate of drug-likeness (QED) is 0.0204. The Morgan fingerprint density at radius 3 is 1.31 bits per heavy atom. The first-order valence-electron chi connectivity index (χ1n) is 32.3. The Morgan fingerprint density at radius 1 is 0.457 bits per heavy atom. The van der Waals surface area contributed by atoms with Gasteiger partial charge in [-0.1, -0.05) is 247 Å². The van der Waals surface area contributed by atoms with Gasteiger partial charge < -0.3 is 65.1 Å². The second-order valence-electron chi connectivity index (χ2n) is 22.5. The average Bonchev–Trinajstić information content (AvgIpc) is 3.47. The van der Waals surface area contributed by atoms with E-state index in [-0.39, 0.29) is 18.9 Å². The molecule has 2 saturated heterocycles. The van der Waals surface area contributed by atoms with Gasteiger partial charge in [0.05, 0.1) is 32.0 Å². The van der Waals surface area contributed by atoms with Gasteiger partial charge in [0.15, 0.2) is 12.6 Å². The predicted molar refractivity (Wildman–Crippen MR) is 327 cm³/mol. The van der Waals surface area contributed by atoms with Crippen LogP contribution in [0.4, 0.5) is 0 Å². The molecule has 2 fully saturated rings. The number of aliphatic hydroxyl groups excluding tert-OH is 8. The van der Waals surface area contributed by atoms with E-state index < -0.39 is 86.8 Å². The molecule has 0 saturated carbocycles. The second-order valence-corrected chi connectivity index (χ2v) is 22.5. The fraction of sp³-hybridized carbons (Fsp3) is 0.776. The van der Waals surface area contributed by atoms with Crippen molar-refractivity contribution < 1.29 is 64.6 Å². The van der Waals surface area contributed by atoms with Crippen LogP contribution in [0, 0.1) is 0 Å². The summed E-state index contributed by atoms with van der Waals surface area (Å²) >= 11 is 0. The van der Waals surface area contributed by atoms with Crippen molar-refractivity contribution in [1.29, 1.82) is 0 Å². The van der Waals surface area contributed by atoms with Gasteiger partial charge in [0.2, 0.25) is 5.91 Å². The number of ether oxygens (including phenoxy) is 4. The van der Waals surface area contributed by atoms with Gasteiger partial charge in [-0.15, -0.1) is 0 Å². The third-order valence-corrected chi connectivity index (χ3v) is 15.3. The first-order chi connectivity index (χ1) is 39.6. The number of carbonyl (C=O) groups excluding carboxylic acids is 1. The standard InChI is InChI=1S/C67H117NO13/c1-3-5-7-9-11-13-15-17-19-21-23-25-27-28-29-31-33-35-37-39-41-43-45-47-49-51-59(72)68-55(54-78-66-64(77)62(75)65(58(53-70)80-66)81-67-63(76)61(74)60(73)57(52-69)79-67)56(71)50-48-46-44-42-40-38-36-34-32-30-26-24-22-20-18-16-14-12-10-8-6-4-2/h5,7,11,13,17,19,23,25,28-29,33,35,48,50,55-58,60-67,69-71,73-77H,3-4,6,8-10,12,14-16,18,20-22,24,26-27,30-32,34,36-47,49,51-54H2,1-2H3,(H,68,72)/b7-5-,13-11-,19-17-,25-23-,29-28-,35-33-,50-48+. The number of carbonyl (C=O) groups is 1. The molecule has 14 nitrogen and oxygen atoms in total. The molecule has 0 bridgehead atoms. The van der Waals surface area contributed by atoms with Gasteiger partial charge in [-0.05, 0) is 70.6 Å². The number of amides is 1. The SMILES string of the molecule is CC/C=C\C/C=C\C/C=C\C/C=C\C/C=C\C/C=C\CCCCCCCCC(=O)NC(COC1OC(CO)C(OC2OC(CO)C(O)C(O)C2O)C(O)C1O)C(O)/C=C/CCCCCCCCCCCCCCCCCCCCCC. The number of allylic oxidation sites excluding steroid dienone is 13. The Hall–Kier alpha value is -2.83. The number of hydrogen-bond donors (Lipinski definition) is 9. The molecule has 2 rings (SSSR count). The van der Waals surface area contributed by atoms with Crippen LogP contribution in [0.3, 0.4) is 0 Å². The van der Waals surface area contributed by atoms with Crippen molar-refractivity contribution >= 4 is 5.91 Å². The van der Waals surface area contributed by atoms with Gasteiger partial charge in [0, 0.05) is 6.42 Å². The molecular weight excluding hydrogens is 1030 g/mol. The van der Waals surface area contributed by atoms with Crippen molar-refractivity contribution in [3.05, 3.63) is 85.1 Å². The van der Waals surface area contributed by atoms with E-state index in [1.165, 1.54) is 116 Å². The molecule has 12 atom stereocenters. The third-order valence-electron chi connectivity index (χ3n) is 15.3. The Kier molecular flexibility index (Phi) is 47.3. The molecule has 14 heteroatoms. The van der Waals surface area contributed by atoms with Crippen LogP contribution in [0.1, 0.15) is 239 Å². The predicted octanol–water partition coefficient (Wildman–Crippen LogP) is 12.1. The van der Waals surface area contributed by atoms with E-state index in [1.807, 2.05) is 6.08 Å². The highest BCUT2D eigenvalue weighted by atomic mass is 16.7. The smallest absolute Gasteiger partial charge is 0.220 e. The normalized spacial score (nSPS) is 24.7. The van der Waals surface area contributed by atoms with Crippen molar-refractivity contribution in [2.24, 2.45) is 0 Å². The van der Waals surface area contributed by atoms with Crippen LogP contribution in [-0.2, 0) is 23.7 Å². The lowest BCUT2D eigenvalue weighted by molar-refractivity contribution is -0.359. The van der Waals surface area contributed by atoms with Gasteiger partial charge in [0.1, 0.15) is 48.8 Å². The Morgan fingerprint density at radius 2 is 0.852 bits per heavy atom. The Balaban J connectivity index is 1.75. The summed E-state index contributed by atoms with van der Waals surface area (Å²) < 4.78 is 22.8. The zero-order valence-corrected chi connectivity index (χ0v) is 50.5. The van der Waals surface area contributed by atoms with Crippen molar-refractivity contribution in [2.75, 3.05) is 19.8 Å². The van der Waals surface area contributed by atoms with Crippen molar-refractivity contribution in [2.45, 2.75) is 312 Å². The van der Waals surface area contributed by atoms with Gasteiger partial charge in [-0.3, -0.25) is 4.79 Å². The molecule has 2 aliphatic rings. The zero-order valence-electron chi connectivity index (χ0n) is 50.5. The number of nitrogens with one attached hydrogen (secondary N) is 1. The maximum atomic E-state index is 13.3. The van der Waals surface area contributed by atoms with E-state index >= 15 is 0 Å². The number of unbranched alkanes of at least 4 members (excludes halogenated alkanes) is 26. The zero-order chi connectivity index (χ0) is 58.8. The summed E-state index contributed by atoms with van der Waals surface area (Å²) in [5, 5.41) is 87.3. The highest BCUT2D eigenvalue weighted by molar-refractivity contribution is 5.76. The summed E-state index contributed by atoms with van der Waals surface area (Å²) in [7, 11) is 0. The van der Waals surface area contributed by atoms with E-state index in [0.29, 0.717) is 6.42 Å². The molecular formula is C67H117NO13. The van der Waals surface area contributed by atoms with Crippen LogP contribution in [0.2, 0.25) is 0 Å². The second kappa shape index (κ2) is 51.6. The summed E-state index contributed by atoms with van der Waals surface area (Å²) in [5.41, 5.74) is 0. The summed E-state index contributed by atoms with van der Waals surface area (Å²) in [6.07, 6.45) is 53.3. The number of aliphatic hydroxyl groups is 8. The summed E-state index contributed by atoms with van der Waals surface area (Å²) in [5.74, 6) is -0.255. The molecule has 0 aromatic carbocycles. The first kappa shape index (κ1) is 74.3. The van der Waals surface area contributed by atoms with Crippen LogP contribution in [0.5, 0.6) is 0 Å². The maximum Gasteiger partial charge on any atom is 0.220 e. The molecule has 0 aromatic rings. The molecule has 12 unspecified atom stereocenters.